The maximum atomic E-state index is 11.1. The van der Waals surface area contributed by atoms with Gasteiger partial charge in [-0.25, -0.2) is 14.8 Å². The molecule has 0 bridgehead atoms. The number of nitrogens with one attached hydrogen (secondary N) is 1. The molecule has 3 rings (SSSR count). The summed E-state index contributed by atoms with van der Waals surface area (Å²) in [5.74, 6) is -0.690. The van der Waals surface area contributed by atoms with Gasteiger partial charge in [0, 0.05) is 12.4 Å². The smallest absolute Gasteiger partial charge is 0.408 e. The number of oxazole rings is 1. The number of hydrogen-bond acceptors (Lipinski definition) is 5. The van der Waals surface area contributed by atoms with Gasteiger partial charge in [-0.2, -0.15) is 5.26 Å². The Hall–Kier alpha value is -2.94. The van der Waals surface area contributed by atoms with Crippen molar-refractivity contribution >= 4 is 11.1 Å². The molecule has 6 heteroatoms. The number of fused-ring (bicyclic) bond motifs is 1. The second-order valence-electron chi connectivity index (χ2n) is 3.94. The van der Waals surface area contributed by atoms with Gasteiger partial charge in [0.25, 0.3) is 0 Å². The molecule has 6 nitrogen and oxygen atoms in total. The van der Waals surface area contributed by atoms with E-state index in [0.29, 0.717) is 22.5 Å². The summed E-state index contributed by atoms with van der Waals surface area (Å²) in [7, 11) is 0. The number of aromatic nitrogens is 3. The summed E-state index contributed by atoms with van der Waals surface area (Å²) in [6, 6.07) is 8.93. The van der Waals surface area contributed by atoms with Gasteiger partial charge in [0.15, 0.2) is 5.58 Å². The summed E-state index contributed by atoms with van der Waals surface area (Å²) in [6.07, 6.45) is 3.17. The van der Waals surface area contributed by atoms with E-state index in [2.05, 4.69) is 21.0 Å². The molecule has 3 aromatic rings. The SMILES string of the molecule is N#CC(c1ccc2[nH]c(=O)oc2c1)c1ncccn1. The third-order valence-electron chi connectivity index (χ3n) is 2.75. The molecule has 0 amide bonds. The summed E-state index contributed by atoms with van der Waals surface area (Å²) in [5.41, 5.74) is 1.70. The first-order valence-corrected chi connectivity index (χ1v) is 5.57. The van der Waals surface area contributed by atoms with Crippen LogP contribution in [0.2, 0.25) is 0 Å². The molecule has 0 fully saturated rings. The van der Waals surface area contributed by atoms with Crippen LogP contribution in [0.15, 0.2) is 45.9 Å². The average molecular weight is 252 g/mol. The highest BCUT2D eigenvalue weighted by Gasteiger charge is 2.17. The summed E-state index contributed by atoms with van der Waals surface area (Å²) in [5, 5.41) is 9.28. The molecular weight excluding hydrogens is 244 g/mol. The van der Waals surface area contributed by atoms with Gasteiger partial charge in [0.1, 0.15) is 11.7 Å². The maximum Gasteiger partial charge on any atom is 0.417 e. The van der Waals surface area contributed by atoms with Crippen molar-refractivity contribution in [3.63, 3.8) is 0 Å². The Morgan fingerprint density at radius 3 is 2.84 bits per heavy atom. The first kappa shape index (κ1) is 11.2. The molecule has 2 heterocycles. The first-order chi connectivity index (χ1) is 9.28. The molecule has 0 spiro atoms. The van der Waals surface area contributed by atoms with E-state index in [1.54, 1.807) is 36.7 Å². The molecule has 1 atom stereocenters. The van der Waals surface area contributed by atoms with Crippen molar-refractivity contribution in [2.45, 2.75) is 5.92 Å². The van der Waals surface area contributed by atoms with E-state index < -0.39 is 11.7 Å². The van der Waals surface area contributed by atoms with Crippen LogP contribution in [-0.2, 0) is 0 Å². The molecule has 92 valence electrons. The standard InChI is InChI=1S/C13H8N4O2/c14-7-9(12-15-4-1-5-16-12)8-2-3-10-11(6-8)19-13(18)17-10/h1-6,9H,(H,17,18). The number of H-pyrrole nitrogens is 1. The Kier molecular flexibility index (Phi) is 2.58. The normalized spacial score (nSPS) is 12.2. The van der Waals surface area contributed by atoms with Gasteiger partial charge in [-0.05, 0) is 23.8 Å². The molecule has 2 aromatic heterocycles. The molecular formula is C13H8N4O2. The second kappa shape index (κ2) is 4.38. The van der Waals surface area contributed by atoms with Gasteiger partial charge >= 0.3 is 5.76 Å². The zero-order chi connectivity index (χ0) is 13.2. The third-order valence-corrected chi connectivity index (χ3v) is 2.75. The summed E-state index contributed by atoms with van der Waals surface area (Å²) in [6.45, 7) is 0. The lowest BCUT2D eigenvalue weighted by atomic mass is 9.99. The van der Waals surface area contributed by atoms with Crippen LogP contribution in [0.25, 0.3) is 11.1 Å². The minimum atomic E-state index is -0.592. The largest absolute Gasteiger partial charge is 0.417 e. The van der Waals surface area contributed by atoms with Gasteiger partial charge < -0.3 is 4.42 Å². The Balaban J connectivity index is 2.12. The minimum Gasteiger partial charge on any atom is -0.408 e. The van der Waals surface area contributed by atoms with Crippen LogP contribution in [0.3, 0.4) is 0 Å². The van der Waals surface area contributed by atoms with Gasteiger partial charge in [-0.15, -0.1) is 0 Å². The molecule has 19 heavy (non-hydrogen) atoms. The highest BCUT2D eigenvalue weighted by Crippen LogP contribution is 2.23. The number of hydrogen-bond donors (Lipinski definition) is 1. The molecule has 0 aliphatic carbocycles. The summed E-state index contributed by atoms with van der Waals surface area (Å²) >= 11 is 0. The van der Waals surface area contributed by atoms with E-state index in [-0.39, 0.29) is 0 Å². The lowest BCUT2D eigenvalue weighted by Gasteiger charge is -2.06. The molecule has 1 unspecified atom stereocenters. The highest BCUT2D eigenvalue weighted by molar-refractivity contribution is 5.73. The van der Waals surface area contributed by atoms with E-state index in [9.17, 15) is 10.1 Å². The van der Waals surface area contributed by atoms with Gasteiger partial charge in [0.05, 0.1) is 11.6 Å². The highest BCUT2D eigenvalue weighted by atomic mass is 16.4. The van der Waals surface area contributed by atoms with Gasteiger partial charge in [-0.3, -0.25) is 4.98 Å². The fourth-order valence-electron chi connectivity index (χ4n) is 1.88. The quantitative estimate of drug-likeness (QED) is 0.746. The predicted octanol–water partition coefficient (Wildman–Crippen LogP) is 1.57. The van der Waals surface area contributed by atoms with E-state index in [1.807, 2.05) is 0 Å². The number of benzene rings is 1. The summed E-state index contributed by atoms with van der Waals surface area (Å²) < 4.78 is 4.98. The Morgan fingerprint density at radius 1 is 1.32 bits per heavy atom. The van der Waals surface area contributed by atoms with Crippen molar-refractivity contribution in [3.05, 3.63) is 58.6 Å². The van der Waals surface area contributed by atoms with Crippen LogP contribution >= 0.6 is 0 Å². The predicted molar refractivity (Wildman–Crippen MR) is 66.3 cm³/mol. The average Bonchev–Trinajstić information content (AvgIpc) is 2.80. The van der Waals surface area contributed by atoms with Crippen molar-refractivity contribution in [2.24, 2.45) is 0 Å². The number of nitrogens with zero attached hydrogens (tertiary/aromatic N) is 3. The molecule has 1 N–H and O–H groups in total. The van der Waals surface area contributed by atoms with Crippen LogP contribution in [0.1, 0.15) is 17.3 Å². The van der Waals surface area contributed by atoms with Crippen molar-refractivity contribution in [3.8, 4) is 6.07 Å². The maximum absolute atomic E-state index is 11.1. The lowest BCUT2D eigenvalue weighted by molar-refractivity contribution is 0.555. The molecule has 0 aliphatic heterocycles. The number of rotatable bonds is 2. The lowest BCUT2D eigenvalue weighted by Crippen LogP contribution is -2.03. The fraction of sp³-hybridized carbons (Fsp3) is 0.0769. The van der Waals surface area contributed by atoms with Crippen molar-refractivity contribution in [1.29, 1.82) is 5.26 Å². The molecule has 0 saturated carbocycles. The third kappa shape index (κ3) is 1.98. The second-order valence-corrected chi connectivity index (χ2v) is 3.94. The molecule has 0 saturated heterocycles. The van der Waals surface area contributed by atoms with E-state index >= 15 is 0 Å². The number of aromatic amines is 1. The van der Waals surface area contributed by atoms with E-state index in [1.165, 1.54) is 0 Å². The van der Waals surface area contributed by atoms with Crippen LogP contribution in [0.5, 0.6) is 0 Å². The van der Waals surface area contributed by atoms with E-state index in [0.717, 1.165) is 0 Å². The Morgan fingerprint density at radius 2 is 2.11 bits per heavy atom. The molecule has 1 aromatic carbocycles. The van der Waals surface area contributed by atoms with Crippen molar-refractivity contribution in [2.75, 3.05) is 0 Å². The summed E-state index contributed by atoms with van der Waals surface area (Å²) in [4.78, 5) is 21.8. The fourth-order valence-corrected chi connectivity index (χ4v) is 1.88. The van der Waals surface area contributed by atoms with Gasteiger partial charge in [0.2, 0.25) is 0 Å². The monoisotopic (exact) mass is 252 g/mol. The Bertz CT molecular complexity index is 814. The van der Waals surface area contributed by atoms with Crippen LogP contribution in [-0.4, -0.2) is 15.0 Å². The van der Waals surface area contributed by atoms with Crippen molar-refractivity contribution < 1.29 is 4.42 Å². The first-order valence-electron chi connectivity index (χ1n) is 5.57. The van der Waals surface area contributed by atoms with E-state index in [4.69, 9.17) is 4.42 Å². The zero-order valence-corrected chi connectivity index (χ0v) is 9.70. The Labute approximate surface area is 107 Å². The van der Waals surface area contributed by atoms with Crippen LogP contribution < -0.4 is 5.76 Å². The topological polar surface area (TPSA) is 95.6 Å². The minimum absolute atomic E-state index is 0.415. The molecule has 0 radical (unpaired) electrons. The van der Waals surface area contributed by atoms with Crippen molar-refractivity contribution in [1.82, 2.24) is 15.0 Å². The van der Waals surface area contributed by atoms with Gasteiger partial charge in [-0.1, -0.05) is 6.07 Å². The van der Waals surface area contributed by atoms with Crippen LogP contribution in [0, 0.1) is 11.3 Å². The zero-order valence-electron chi connectivity index (χ0n) is 9.70. The van der Waals surface area contributed by atoms with Crippen LogP contribution in [0.4, 0.5) is 0 Å². The number of nitriles is 1. The molecule has 0 aliphatic rings.